The molecule has 110 valence electrons. The average Bonchev–Trinajstić information content (AvgIpc) is 2.44. The number of nitrogens with one attached hydrogen (secondary N) is 2. The van der Waals surface area contributed by atoms with Gasteiger partial charge in [0.15, 0.2) is 0 Å². The number of carboxylic acids is 1. The lowest BCUT2D eigenvalue weighted by molar-refractivity contribution is -0.142. The van der Waals surface area contributed by atoms with Crippen LogP contribution in [0.5, 0.6) is 0 Å². The third-order valence-corrected chi connectivity index (χ3v) is 3.12. The number of nitrogens with zero attached hydrogens (tertiary/aromatic N) is 1. The van der Waals surface area contributed by atoms with Gasteiger partial charge >= 0.3 is 12.0 Å². The van der Waals surface area contributed by atoms with Gasteiger partial charge in [-0.3, -0.25) is 4.98 Å². The van der Waals surface area contributed by atoms with Gasteiger partial charge in [0.2, 0.25) is 0 Å². The number of urea groups is 1. The summed E-state index contributed by atoms with van der Waals surface area (Å²) in [7, 11) is 0. The Hall–Kier alpha value is -2.63. The fourth-order valence-electron chi connectivity index (χ4n) is 1.87. The van der Waals surface area contributed by atoms with Gasteiger partial charge < -0.3 is 15.7 Å². The highest BCUT2D eigenvalue weighted by molar-refractivity contribution is 5.86. The molecule has 0 radical (unpaired) electrons. The summed E-state index contributed by atoms with van der Waals surface area (Å²) in [6.45, 7) is 3.12. The molecule has 2 amide bonds. The van der Waals surface area contributed by atoms with Crippen LogP contribution in [-0.4, -0.2) is 27.6 Å². The molecule has 0 saturated carbocycles. The van der Waals surface area contributed by atoms with Gasteiger partial charge in [0, 0.05) is 18.1 Å². The number of pyridine rings is 1. The molecule has 0 aliphatic heterocycles. The predicted molar refractivity (Wildman–Crippen MR) is 78.8 cm³/mol. The summed E-state index contributed by atoms with van der Waals surface area (Å²) in [4.78, 5) is 27.0. The number of aromatic nitrogens is 1. The summed E-state index contributed by atoms with van der Waals surface area (Å²) in [6, 6.07) is 8.97. The van der Waals surface area contributed by atoms with Crippen molar-refractivity contribution in [3.05, 3.63) is 42.1 Å². The Morgan fingerprint density at radius 3 is 2.67 bits per heavy atom. The molecule has 1 aromatic carbocycles. The maximum atomic E-state index is 11.8. The Bertz CT molecular complexity index is 677. The molecule has 21 heavy (non-hydrogen) atoms. The number of hydrogen-bond acceptors (Lipinski definition) is 3. The molecule has 0 aliphatic carbocycles. The lowest BCUT2D eigenvalue weighted by Gasteiger charge is -2.21. The van der Waals surface area contributed by atoms with Crippen molar-refractivity contribution in [3.63, 3.8) is 0 Å². The SMILES string of the molecule is CC(C)(NC(=O)NCc1cccc2cccnc12)C(=O)O. The summed E-state index contributed by atoms with van der Waals surface area (Å²) >= 11 is 0. The van der Waals surface area contributed by atoms with E-state index >= 15 is 0 Å². The zero-order valence-electron chi connectivity index (χ0n) is 11.9. The first-order valence-electron chi connectivity index (χ1n) is 6.52. The maximum Gasteiger partial charge on any atom is 0.328 e. The van der Waals surface area contributed by atoms with E-state index in [-0.39, 0.29) is 6.54 Å². The van der Waals surface area contributed by atoms with Crippen LogP contribution in [-0.2, 0) is 11.3 Å². The van der Waals surface area contributed by atoms with Crippen LogP contribution in [0.3, 0.4) is 0 Å². The Morgan fingerprint density at radius 1 is 1.24 bits per heavy atom. The van der Waals surface area contributed by atoms with Crippen LogP contribution in [0.25, 0.3) is 10.9 Å². The van der Waals surface area contributed by atoms with Gasteiger partial charge in [-0.05, 0) is 25.5 Å². The lowest BCUT2D eigenvalue weighted by Crippen LogP contribution is -2.53. The number of hydrogen-bond donors (Lipinski definition) is 3. The third kappa shape index (κ3) is 3.47. The van der Waals surface area contributed by atoms with Crippen molar-refractivity contribution in [1.29, 1.82) is 0 Å². The van der Waals surface area contributed by atoms with Crippen molar-refractivity contribution >= 4 is 22.9 Å². The minimum Gasteiger partial charge on any atom is -0.480 e. The van der Waals surface area contributed by atoms with Crippen LogP contribution in [0.2, 0.25) is 0 Å². The van der Waals surface area contributed by atoms with Crippen LogP contribution in [0.15, 0.2) is 36.5 Å². The summed E-state index contributed by atoms with van der Waals surface area (Å²) in [5, 5.41) is 15.0. The zero-order chi connectivity index (χ0) is 15.5. The number of amides is 2. The van der Waals surface area contributed by atoms with Crippen molar-refractivity contribution in [1.82, 2.24) is 15.6 Å². The van der Waals surface area contributed by atoms with E-state index in [0.717, 1.165) is 16.5 Å². The molecule has 1 heterocycles. The van der Waals surface area contributed by atoms with Crippen molar-refractivity contribution in [2.45, 2.75) is 25.9 Å². The number of aliphatic carboxylic acids is 1. The van der Waals surface area contributed by atoms with Gasteiger partial charge in [0.1, 0.15) is 5.54 Å². The molecular weight excluding hydrogens is 270 g/mol. The highest BCUT2D eigenvalue weighted by atomic mass is 16.4. The highest BCUT2D eigenvalue weighted by Gasteiger charge is 2.28. The summed E-state index contributed by atoms with van der Waals surface area (Å²) in [5.41, 5.74) is 0.371. The Labute approximate surface area is 122 Å². The average molecular weight is 287 g/mol. The molecule has 0 aliphatic rings. The minimum atomic E-state index is -1.32. The van der Waals surface area contributed by atoms with E-state index in [1.54, 1.807) is 6.20 Å². The van der Waals surface area contributed by atoms with Gasteiger partial charge in [-0.2, -0.15) is 0 Å². The lowest BCUT2D eigenvalue weighted by atomic mass is 10.1. The Balaban J connectivity index is 2.05. The quantitative estimate of drug-likeness (QED) is 0.801. The van der Waals surface area contributed by atoms with E-state index in [1.165, 1.54) is 13.8 Å². The van der Waals surface area contributed by atoms with Crippen LogP contribution >= 0.6 is 0 Å². The highest BCUT2D eigenvalue weighted by Crippen LogP contribution is 2.15. The summed E-state index contributed by atoms with van der Waals surface area (Å²) < 4.78 is 0. The Kier molecular flexibility index (Phi) is 4.07. The summed E-state index contributed by atoms with van der Waals surface area (Å²) in [6.07, 6.45) is 1.69. The number of carbonyl (C=O) groups is 2. The molecule has 1 aromatic heterocycles. The van der Waals surface area contributed by atoms with Gasteiger partial charge in [0.25, 0.3) is 0 Å². The largest absolute Gasteiger partial charge is 0.480 e. The van der Waals surface area contributed by atoms with Crippen LogP contribution in [0.4, 0.5) is 4.79 Å². The molecule has 0 fully saturated rings. The van der Waals surface area contributed by atoms with E-state index in [2.05, 4.69) is 15.6 Å². The van der Waals surface area contributed by atoms with Crippen LogP contribution < -0.4 is 10.6 Å². The molecule has 2 rings (SSSR count). The van der Waals surface area contributed by atoms with Gasteiger partial charge in [-0.15, -0.1) is 0 Å². The van der Waals surface area contributed by atoms with Crippen LogP contribution in [0.1, 0.15) is 19.4 Å². The van der Waals surface area contributed by atoms with E-state index in [9.17, 15) is 9.59 Å². The number of rotatable bonds is 4. The van der Waals surface area contributed by atoms with Crippen molar-refractivity contribution in [3.8, 4) is 0 Å². The minimum absolute atomic E-state index is 0.274. The van der Waals surface area contributed by atoms with Gasteiger partial charge in [-0.25, -0.2) is 9.59 Å². The standard InChI is InChI=1S/C15H17N3O3/c1-15(2,13(19)20)18-14(21)17-9-11-6-3-5-10-7-4-8-16-12(10)11/h3-8H,9H2,1-2H3,(H,19,20)(H2,17,18,21). The first kappa shape index (κ1) is 14.8. The van der Waals surface area contributed by atoms with Crippen LogP contribution in [0, 0.1) is 0 Å². The second kappa shape index (κ2) is 5.78. The van der Waals surface area contributed by atoms with E-state index in [1.807, 2.05) is 30.3 Å². The molecule has 3 N–H and O–H groups in total. The van der Waals surface area contributed by atoms with Crippen molar-refractivity contribution in [2.24, 2.45) is 0 Å². The maximum absolute atomic E-state index is 11.8. The van der Waals surface area contributed by atoms with Crippen molar-refractivity contribution in [2.75, 3.05) is 0 Å². The molecule has 0 atom stereocenters. The second-order valence-corrected chi connectivity index (χ2v) is 5.23. The fourth-order valence-corrected chi connectivity index (χ4v) is 1.87. The monoisotopic (exact) mass is 287 g/mol. The predicted octanol–water partition coefficient (Wildman–Crippen LogP) is 1.90. The van der Waals surface area contributed by atoms with Gasteiger partial charge in [-0.1, -0.05) is 24.3 Å². The molecule has 0 spiro atoms. The number of para-hydroxylation sites is 1. The second-order valence-electron chi connectivity index (χ2n) is 5.23. The third-order valence-electron chi connectivity index (χ3n) is 3.12. The first-order valence-corrected chi connectivity index (χ1v) is 6.52. The molecule has 0 saturated heterocycles. The topological polar surface area (TPSA) is 91.3 Å². The van der Waals surface area contributed by atoms with E-state index in [0.29, 0.717) is 0 Å². The fraction of sp³-hybridized carbons (Fsp3) is 0.267. The molecule has 6 nitrogen and oxygen atoms in total. The van der Waals surface area contributed by atoms with Gasteiger partial charge in [0.05, 0.1) is 5.52 Å². The number of carbonyl (C=O) groups excluding carboxylic acids is 1. The van der Waals surface area contributed by atoms with Crippen molar-refractivity contribution < 1.29 is 14.7 Å². The molecule has 0 bridgehead atoms. The Morgan fingerprint density at radius 2 is 1.95 bits per heavy atom. The first-order chi connectivity index (χ1) is 9.90. The normalized spacial score (nSPS) is 11.1. The number of carboxylic acid groups (broad SMARTS) is 1. The molecule has 0 unspecified atom stereocenters. The number of fused-ring (bicyclic) bond motifs is 1. The smallest absolute Gasteiger partial charge is 0.328 e. The summed E-state index contributed by atoms with van der Waals surface area (Å²) in [5.74, 6) is -1.09. The molecule has 2 aromatic rings. The molecule has 6 heteroatoms. The van der Waals surface area contributed by atoms with E-state index < -0.39 is 17.5 Å². The van der Waals surface area contributed by atoms with E-state index in [4.69, 9.17) is 5.11 Å². The number of benzene rings is 1. The zero-order valence-corrected chi connectivity index (χ0v) is 11.9. The molecular formula is C15H17N3O3.